The van der Waals surface area contributed by atoms with Gasteiger partial charge < -0.3 is 5.73 Å². The second kappa shape index (κ2) is 3.55. The molecule has 0 aliphatic carbocycles. The molecular weight excluding hydrogens is 122 g/mol. The van der Waals surface area contributed by atoms with Gasteiger partial charge in [-0.2, -0.15) is 12.6 Å². The van der Waals surface area contributed by atoms with Crippen molar-refractivity contribution in [2.45, 2.75) is 6.92 Å². The van der Waals surface area contributed by atoms with Crippen LogP contribution in [0.25, 0.3) is 0 Å². The minimum Gasteiger partial charge on any atom is -0.366 e. The average molecular weight is 131 g/mol. The predicted molar refractivity (Wildman–Crippen MR) is 36.8 cm³/mol. The maximum absolute atomic E-state index is 10.2. The summed E-state index contributed by atoms with van der Waals surface area (Å²) in [4.78, 5) is 10.2. The van der Waals surface area contributed by atoms with Crippen molar-refractivity contribution >= 4 is 18.5 Å². The highest BCUT2D eigenvalue weighted by atomic mass is 32.1. The van der Waals surface area contributed by atoms with Gasteiger partial charge in [-0.15, -0.1) is 0 Å². The van der Waals surface area contributed by atoms with Gasteiger partial charge in [0.15, 0.2) is 0 Å². The van der Waals surface area contributed by atoms with E-state index in [0.717, 1.165) is 0 Å². The largest absolute Gasteiger partial charge is 0.366 e. The molecule has 0 aromatic rings. The van der Waals surface area contributed by atoms with Crippen LogP contribution in [0.4, 0.5) is 0 Å². The molecule has 0 aliphatic rings. The molecule has 0 bridgehead atoms. The molecule has 8 heavy (non-hydrogen) atoms. The van der Waals surface area contributed by atoms with E-state index < -0.39 is 0 Å². The molecule has 46 valence electrons. The third-order valence-electron chi connectivity index (χ3n) is 0.786. The number of carbonyl (C=O) groups excluding carboxylic acids is 1. The number of primary amides is 1. The molecule has 3 heteroatoms. The molecule has 0 rings (SSSR count). The Bertz CT molecular complexity index is 120. The van der Waals surface area contributed by atoms with Crippen LogP contribution in [0.15, 0.2) is 11.6 Å². The monoisotopic (exact) mass is 131 g/mol. The van der Waals surface area contributed by atoms with Gasteiger partial charge in [-0.3, -0.25) is 4.79 Å². The van der Waals surface area contributed by atoms with E-state index in [1.165, 1.54) is 0 Å². The van der Waals surface area contributed by atoms with Crippen LogP contribution in [-0.4, -0.2) is 11.7 Å². The van der Waals surface area contributed by atoms with E-state index in [4.69, 9.17) is 5.73 Å². The summed E-state index contributed by atoms with van der Waals surface area (Å²) in [6, 6.07) is 0. The molecule has 2 nitrogen and oxygen atoms in total. The molecule has 0 saturated heterocycles. The Balaban J connectivity index is 3.80. The Morgan fingerprint density at radius 2 is 2.38 bits per heavy atom. The zero-order chi connectivity index (χ0) is 6.57. The first-order valence-electron chi connectivity index (χ1n) is 2.26. The number of hydrogen-bond donors (Lipinski definition) is 2. The van der Waals surface area contributed by atoms with Gasteiger partial charge in [0.05, 0.1) is 0 Å². The molecule has 0 aromatic heterocycles. The molecule has 0 unspecified atom stereocenters. The fourth-order valence-electron chi connectivity index (χ4n) is 0.238. The topological polar surface area (TPSA) is 43.1 Å². The highest BCUT2D eigenvalue weighted by Gasteiger charge is 1.92. The maximum Gasteiger partial charge on any atom is 0.244 e. The lowest BCUT2D eigenvalue weighted by Gasteiger charge is -1.88. The van der Waals surface area contributed by atoms with Gasteiger partial charge in [0.1, 0.15) is 0 Å². The van der Waals surface area contributed by atoms with Crippen molar-refractivity contribution in [2.75, 3.05) is 5.75 Å². The van der Waals surface area contributed by atoms with E-state index in [2.05, 4.69) is 12.6 Å². The Kier molecular flexibility index (Phi) is 3.35. The van der Waals surface area contributed by atoms with Gasteiger partial charge >= 0.3 is 0 Å². The Labute approximate surface area is 54.2 Å². The minimum atomic E-state index is -0.376. The van der Waals surface area contributed by atoms with Crippen molar-refractivity contribution < 1.29 is 4.79 Å². The molecule has 0 fully saturated rings. The van der Waals surface area contributed by atoms with Crippen LogP contribution in [0.1, 0.15) is 6.92 Å². The zero-order valence-electron chi connectivity index (χ0n) is 4.72. The van der Waals surface area contributed by atoms with E-state index in [1.54, 1.807) is 13.0 Å². The quantitative estimate of drug-likeness (QED) is 0.412. The first-order chi connectivity index (χ1) is 3.68. The third kappa shape index (κ3) is 2.69. The summed E-state index contributed by atoms with van der Waals surface area (Å²) in [5, 5.41) is 0. The number of hydrogen-bond acceptors (Lipinski definition) is 2. The number of carbonyl (C=O) groups is 1. The lowest BCUT2D eigenvalue weighted by atomic mass is 10.3. The van der Waals surface area contributed by atoms with E-state index in [0.29, 0.717) is 11.3 Å². The van der Waals surface area contributed by atoms with E-state index in [-0.39, 0.29) is 5.91 Å². The predicted octanol–water partition coefficient (Wildman–Crippen LogP) is 0.348. The van der Waals surface area contributed by atoms with Gasteiger partial charge in [0.25, 0.3) is 0 Å². The fraction of sp³-hybridized carbons (Fsp3) is 0.400. The van der Waals surface area contributed by atoms with Crippen molar-refractivity contribution in [1.29, 1.82) is 0 Å². The van der Waals surface area contributed by atoms with Crippen molar-refractivity contribution in [2.24, 2.45) is 5.73 Å². The highest BCUT2D eigenvalue weighted by Crippen LogP contribution is 1.89. The normalized spacial score (nSPS) is 11.5. The van der Waals surface area contributed by atoms with Gasteiger partial charge in [-0.25, -0.2) is 0 Å². The second-order valence-corrected chi connectivity index (χ2v) is 1.80. The Hall–Kier alpha value is -0.440. The Morgan fingerprint density at radius 1 is 1.88 bits per heavy atom. The zero-order valence-corrected chi connectivity index (χ0v) is 5.61. The summed E-state index contributed by atoms with van der Waals surface area (Å²) >= 11 is 3.87. The summed E-state index contributed by atoms with van der Waals surface area (Å²) in [6.45, 7) is 1.67. The molecule has 0 aromatic carbocycles. The summed E-state index contributed by atoms with van der Waals surface area (Å²) in [5.74, 6) is 0.188. The number of amides is 1. The van der Waals surface area contributed by atoms with Crippen molar-refractivity contribution in [3.05, 3.63) is 11.6 Å². The average Bonchev–Trinajstić information content (AvgIpc) is 1.67. The van der Waals surface area contributed by atoms with Gasteiger partial charge in [0.2, 0.25) is 5.91 Å². The molecule has 2 N–H and O–H groups in total. The van der Waals surface area contributed by atoms with Crippen molar-refractivity contribution in [1.82, 2.24) is 0 Å². The van der Waals surface area contributed by atoms with Gasteiger partial charge in [-0.1, -0.05) is 6.08 Å². The lowest BCUT2D eigenvalue weighted by molar-refractivity contribution is -0.114. The summed E-state index contributed by atoms with van der Waals surface area (Å²) < 4.78 is 0. The first-order valence-corrected chi connectivity index (χ1v) is 2.89. The van der Waals surface area contributed by atoms with Crippen LogP contribution in [0.2, 0.25) is 0 Å². The van der Waals surface area contributed by atoms with Crippen LogP contribution in [0, 0.1) is 0 Å². The van der Waals surface area contributed by atoms with Crippen LogP contribution >= 0.6 is 12.6 Å². The fourth-order valence-corrected chi connectivity index (χ4v) is 0.511. The van der Waals surface area contributed by atoms with Crippen LogP contribution < -0.4 is 5.73 Å². The summed E-state index contributed by atoms with van der Waals surface area (Å²) in [6.07, 6.45) is 1.67. The summed E-state index contributed by atoms with van der Waals surface area (Å²) in [5.41, 5.74) is 5.45. The molecule has 1 amide bonds. The van der Waals surface area contributed by atoms with E-state index in [9.17, 15) is 4.79 Å². The maximum atomic E-state index is 10.2. The summed E-state index contributed by atoms with van der Waals surface area (Å²) in [7, 11) is 0. The SMILES string of the molecule is C/C(=C\CS)C(N)=O. The molecule has 0 spiro atoms. The van der Waals surface area contributed by atoms with Crippen LogP contribution in [0.5, 0.6) is 0 Å². The van der Waals surface area contributed by atoms with Crippen molar-refractivity contribution in [3.8, 4) is 0 Å². The van der Waals surface area contributed by atoms with E-state index in [1.807, 2.05) is 0 Å². The highest BCUT2D eigenvalue weighted by molar-refractivity contribution is 7.80. The molecule has 0 aliphatic heterocycles. The molecular formula is C5H9NOS. The van der Waals surface area contributed by atoms with Crippen molar-refractivity contribution in [3.63, 3.8) is 0 Å². The standard InChI is InChI=1S/C5H9NOS/c1-4(2-3-8)5(6)7/h2,8H,3H2,1H3,(H2,6,7)/b4-2+. The van der Waals surface area contributed by atoms with Gasteiger partial charge in [-0.05, 0) is 6.92 Å². The number of thiol groups is 1. The molecule has 0 saturated carbocycles. The first kappa shape index (κ1) is 7.56. The molecule has 0 radical (unpaired) electrons. The smallest absolute Gasteiger partial charge is 0.244 e. The van der Waals surface area contributed by atoms with Crippen LogP contribution in [0.3, 0.4) is 0 Å². The molecule has 0 heterocycles. The van der Waals surface area contributed by atoms with Gasteiger partial charge in [0, 0.05) is 11.3 Å². The number of nitrogens with two attached hydrogens (primary N) is 1. The lowest BCUT2D eigenvalue weighted by Crippen LogP contribution is -2.11. The second-order valence-electron chi connectivity index (χ2n) is 1.43. The third-order valence-corrected chi connectivity index (χ3v) is 0.969. The molecule has 0 atom stereocenters. The minimum absolute atomic E-state index is 0.376. The number of rotatable bonds is 2. The van der Waals surface area contributed by atoms with Crippen LogP contribution in [-0.2, 0) is 4.79 Å². The Morgan fingerprint density at radius 3 is 2.50 bits per heavy atom. The van der Waals surface area contributed by atoms with E-state index >= 15 is 0 Å².